The van der Waals surface area contributed by atoms with E-state index in [1.54, 1.807) is 21.7 Å². The van der Waals surface area contributed by atoms with E-state index >= 15 is 0 Å². The minimum atomic E-state index is -0.675. The molecule has 1 N–H and O–H groups in total. The first-order valence-corrected chi connectivity index (χ1v) is 15.8. The summed E-state index contributed by atoms with van der Waals surface area (Å²) in [6, 6.07) is 28.9. The fourth-order valence-electron chi connectivity index (χ4n) is 5.68. The van der Waals surface area contributed by atoms with Gasteiger partial charge in [0.15, 0.2) is 0 Å². The Morgan fingerprint density at radius 1 is 0.857 bits per heavy atom. The fraction of sp³-hybridized carbons (Fsp3) is 0.364. The number of hydrogen-bond donors (Lipinski definition) is 1. The number of hydrogen-bond acceptors (Lipinski definition) is 5. The number of amides is 4. The van der Waals surface area contributed by atoms with Crippen molar-refractivity contribution in [2.45, 2.75) is 44.3 Å². The van der Waals surface area contributed by atoms with Crippen molar-refractivity contribution in [1.29, 1.82) is 0 Å². The van der Waals surface area contributed by atoms with Crippen LogP contribution >= 0.6 is 11.8 Å². The molecule has 2 aliphatic rings. The average molecular weight is 586 g/mol. The minimum Gasteiger partial charge on any atom is -0.336 e. The summed E-state index contributed by atoms with van der Waals surface area (Å²) in [6.45, 7) is 3.88. The molecule has 9 heteroatoms. The van der Waals surface area contributed by atoms with Crippen molar-refractivity contribution in [1.82, 2.24) is 25.1 Å². The highest BCUT2D eigenvalue weighted by molar-refractivity contribution is 7.98. The second kappa shape index (κ2) is 14.4. The number of hydrazine groups is 1. The first-order valence-electron chi connectivity index (χ1n) is 14.7. The summed E-state index contributed by atoms with van der Waals surface area (Å²) < 4.78 is 0. The van der Waals surface area contributed by atoms with Gasteiger partial charge in [0.1, 0.15) is 12.2 Å². The normalized spacial score (nSPS) is 19.1. The van der Waals surface area contributed by atoms with Crippen LogP contribution in [0.5, 0.6) is 0 Å². The first-order chi connectivity index (χ1) is 20.5. The molecule has 5 rings (SSSR count). The van der Waals surface area contributed by atoms with Gasteiger partial charge in [-0.2, -0.15) is 11.8 Å². The standard InChI is InChI=1S/C33H39N5O3S/c1-2-18-36-24-31(39)37-29(21-26-12-6-3-7-13-26)32(40)35(19-20-42-25-28-16-10-5-11-17-28)23-30(37)38(36)33(41)34-22-27-14-8-4-9-15-27/h3-17,29-30H,2,18-25H2,1H3,(H,34,41)/t29-,30-/m0/s1. The molecule has 8 nitrogen and oxygen atoms in total. The summed E-state index contributed by atoms with van der Waals surface area (Å²) in [6.07, 6.45) is 0.608. The van der Waals surface area contributed by atoms with E-state index in [-0.39, 0.29) is 30.9 Å². The second-order valence-electron chi connectivity index (χ2n) is 10.7. The number of thioether (sulfide) groups is 1. The van der Waals surface area contributed by atoms with E-state index in [9.17, 15) is 14.4 Å². The average Bonchev–Trinajstić information content (AvgIpc) is 3.01. The number of piperazine rings is 1. The van der Waals surface area contributed by atoms with Crippen molar-refractivity contribution in [3.05, 3.63) is 108 Å². The minimum absolute atomic E-state index is 0.0580. The zero-order valence-corrected chi connectivity index (χ0v) is 24.9. The Kier molecular flexibility index (Phi) is 10.2. The molecule has 220 valence electrons. The van der Waals surface area contributed by atoms with E-state index in [1.807, 2.05) is 95.7 Å². The van der Waals surface area contributed by atoms with Gasteiger partial charge in [0.25, 0.3) is 0 Å². The van der Waals surface area contributed by atoms with Crippen molar-refractivity contribution < 1.29 is 14.4 Å². The van der Waals surface area contributed by atoms with E-state index in [0.717, 1.165) is 29.1 Å². The van der Waals surface area contributed by atoms with Crippen LogP contribution in [0.2, 0.25) is 0 Å². The van der Waals surface area contributed by atoms with Crippen molar-refractivity contribution in [2.24, 2.45) is 0 Å². The van der Waals surface area contributed by atoms with E-state index in [1.165, 1.54) is 5.56 Å². The molecule has 2 aliphatic heterocycles. The van der Waals surface area contributed by atoms with Crippen molar-refractivity contribution >= 4 is 29.6 Å². The summed E-state index contributed by atoms with van der Waals surface area (Å²) in [7, 11) is 0. The predicted molar refractivity (Wildman–Crippen MR) is 166 cm³/mol. The quantitative estimate of drug-likeness (QED) is 0.338. The van der Waals surface area contributed by atoms with Gasteiger partial charge >= 0.3 is 6.03 Å². The Bertz CT molecular complexity index is 1330. The van der Waals surface area contributed by atoms with Gasteiger partial charge < -0.3 is 15.1 Å². The maximum Gasteiger partial charge on any atom is 0.334 e. The summed E-state index contributed by atoms with van der Waals surface area (Å²) in [5, 5.41) is 6.61. The number of benzene rings is 3. The molecular formula is C33H39N5O3S. The molecule has 0 unspecified atom stereocenters. The van der Waals surface area contributed by atoms with Crippen LogP contribution in [0, 0.1) is 0 Å². The summed E-state index contributed by atoms with van der Waals surface area (Å²) in [5.41, 5.74) is 3.23. The maximum atomic E-state index is 14.0. The number of nitrogens with one attached hydrogen (secondary N) is 1. The van der Waals surface area contributed by atoms with Crippen molar-refractivity contribution in [3.63, 3.8) is 0 Å². The van der Waals surface area contributed by atoms with Crippen LogP contribution in [-0.4, -0.2) is 81.8 Å². The maximum absolute atomic E-state index is 14.0. The van der Waals surface area contributed by atoms with Crippen LogP contribution in [0.15, 0.2) is 91.0 Å². The summed E-state index contributed by atoms with van der Waals surface area (Å²) >= 11 is 1.78. The Morgan fingerprint density at radius 2 is 1.48 bits per heavy atom. The smallest absolute Gasteiger partial charge is 0.334 e. The fourth-order valence-corrected chi connectivity index (χ4v) is 6.60. The Morgan fingerprint density at radius 3 is 2.12 bits per heavy atom. The largest absolute Gasteiger partial charge is 0.336 e. The number of fused-ring (bicyclic) bond motifs is 1. The van der Waals surface area contributed by atoms with Crippen LogP contribution in [0.3, 0.4) is 0 Å². The molecule has 42 heavy (non-hydrogen) atoms. The number of urea groups is 1. The number of carbonyl (C=O) groups excluding carboxylic acids is 3. The lowest BCUT2D eigenvalue weighted by molar-refractivity contribution is -0.190. The molecule has 0 saturated carbocycles. The third kappa shape index (κ3) is 7.14. The molecule has 0 aliphatic carbocycles. The molecule has 0 bridgehead atoms. The van der Waals surface area contributed by atoms with Gasteiger partial charge in [-0.15, -0.1) is 0 Å². The van der Waals surface area contributed by atoms with E-state index < -0.39 is 12.2 Å². The predicted octanol–water partition coefficient (Wildman–Crippen LogP) is 4.38. The van der Waals surface area contributed by atoms with Crippen molar-refractivity contribution in [3.8, 4) is 0 Å². The molecule has 0 radical (unpaired) electrons. The zero-order chi connectivity index (χ0) is 29.3. The van der Waals surface area contributed by atoms with E-state index in [0.29, 0.717) is 26.1 Å². The highest BCUT2D eigenvalue weighted by Gasteiger charge is 2.51. The number of carbonyl (C=O) groups is 3. The Hall–Kier alpha value is -3.82. The molecule has 3 aromatic rings. The molecular weight excluding hydrogens is 546 g/mol. The van der Waals surface area contributed by atoms with Crippen LogP contribution < -0.4 is 5.32 Å². The van der Waals surface area contributed by atoms with Gasteiger partial charge in [0.2, 0.25) is 11.8 Å². The molecule has 2 saturated heterocycles. The monoisotopic (exact) mass is 585 g/mol. The third-order valence-corrected chi connectivity index (χ3v) is 8.70. The van der Waals surface area contributed by atoms with Crippen LogP contribution in [-0.2, 0) is 28.3 Å². The van der Waals surface area contributed by atoms with Gasteiger partial charge in [0, 0.05) is 37.6 Å². The van der Waals surface area contributed by atoms with Gasteiger partial charge in [-0.3, -0.25) is 9.59 Å². The molecule has 4 amide bonds. The zero-order valence-electron chi connectivity index (χ0n) is 24.1. The molecule has 2 fully saturated rings. The Labute approximate surface area is 252 Å². The topological polar surface area (TPSA) is 76.2 Å². The van der Waals surface area contributed by atoms with Crippen LogP contribution in [0.25, 0.3) is 0 Å². The first kappa shape index (κ1) is 29.7. The molecule has 2 atom stereocenters. The Balaban J connectivity index is 1.38. The molecule has 0 spiro atoms. The van der Waals surface area contributed by atoms with Gasteiger partial charge in [-0.05, 0) is 23.1 Å². The summed E-state index contributed by atoms with van der Waals surface area (Å²) in [4.78, 5) is 45.0. The molecule has 2 heterocycles. The van der Waals surface area contributed by atoms with E-state index in [4.69, 9.17) is 0 Å². The SMILES string of the molecule is CCCN1CC(=O)N2[C@@H](Cc3ccccc3)C(=O)N(CCSCc3ccccc3)C[C@@H]2N1C(=O)NCc1ccccc1. The van der Waals surface area contributed by atoms with Gasteiger partial charge in [0.05, 0.1) is 13.1 Å². The number of nitrogens with zero attached hydrogens (tertiary/aromatic N) is 4. The van der Waals surface area contributed by atoms with Gasteiger partial charge in [-0.25, -0.2) is 14.8 Å². The van der Waals surface area contributed by atoms with Gasteiger partial charge in [-0.1, -0.05) is 97.9 Å². The third-order valence-electron chi connectivity index (χ3n) is 7.70. The highest BCUT2D eigenvalue weighted by atomic mass is 32.2. The summed E-state index contributed by atoms with van der Waals surface area (Å²) in [5.74, 6) is 1.45. The van der Waals surface area contributed by atoms with Crippen LogP contribution in [0.1, 0.15) is 30.0 Å². The molecule has 0 aromatic heterocycles. The van der Waals surface area contributed by atoms with E-state index in [2.05, 4.69) is 17.4 Å². The second-order valence-corrected chi connectivity index (χ2v) is 11.8. The number of rotatable bonds is 11. The highest BCUT2D eigenvalue weighted by Crippen LogP contribution is 2.29. The van der Waals surface area contributed by atoms with Crippen LogP contribution in [0.4, 0.5) is 4.79 Å². The van der Waals surface area contributed by atoms with Crippen molar-refractivity contribution in [2.75, 3.05) is 31.9 Å². The molecule has 3 aromatic carbocycles. The lowest BCUT2D eigenvalue weighted by atomic mass is 9.99. The lowest BCUT2D eigenvalue weighted by Crippen LogP contribution is -2.76. The lowest BCUT2D eigenvalue weighted by Gasteiger charge is -2.55.